The topological polar surface area (TPSA) is 54.0 Å². The van der Waals surface area contributed by atoms with Gasteiger partial charge in [-0.3, -0.25) is 0 Å². The molecule has 0 atom stereocenters. The van der Waals surface area contributed by atoms with Gasteiger partial charge in [0.1, 0.15) is 17.8 Å². The molecule has 0 radical (unpaired) electrons. The highest BCUT2D eigenvalue weighted by Crippen LogP contribution is 2.37. The fraction of sp³-hybridized carbons (Fsp3) is 0.458. The van der Waals surface area contributed by atoms with Crippen LogP contribution >= 0.6 is 46.7 Å². The molecule has 0 spiro atoms. The zero-order valence-corrected chi connectivity index (χ0v) is 22.0. The van der Waals surface area contributed by atoms with E-state index in [0.717, 1.165) is 76.6 Å². The van der Waals surface area contributed by atoms with Gasteiger partial charge >= 0.3 is 0 Å². The van der Waals surface area contributed by atoms with E-state index in [1.54, 1.807) is 37.7 Å². The van der Waals surface area contributed by atoms with Crippen molar-refractivity contribution in [3.63, 3.8) is 0 Å². The first-order valence-electron chi connectivity index (χ1n) is 10.7. The van der Waals surface area contributed by atoms with Gasteiger partial charge in [-0.15, -0.1) is 23.5 Å². The second-order valence-electron chi connectivity index (χ2n) is 6.86. The molecule has 9 heteroatoms. The molecule has 0 amide bonds. The summed E-state index contributed by atoms with van der Waals surface area (Å²) < 4.78 is 21.3. The summed E-state index contributed by atoms with van der Waals surface area (Å²) in [4.78, 5) is 12.1. The molecule has 1 saturated heterocycles. The molecule has 1 aliphatic heterocycles. The van der Waals surface area contributed by atoms with E-state index in [1.165, 1.54) is 0 Å². The monoisotopic (exact) mass is 532 g/mol. The Morgan fingerprint density at radius 1 is 0.909 bits per heavy atom. The van der Waals surface area contributed by atoms with Gasteiger partial charge in [0.05, 0.1) is 47.3 Å². The molecule has 0 saturated carbocycles. The third-order valence-corrected chi connectivity index (χ3v) is 7.79. The second kappa shape index (κ2) is 16.5. The molecule has 0 N–H and O–H groups in total. The molecule has 1 fully saturated rings. The number of carbonyl (C=O) groups is 1. The van der Waals surface area contributed by atoms with Crippen molar-refractivity contribution < 1.29 is 23.7 Å². The van der Waals surface area contributed by atoms with Crippen LogP contribution in [0, 0.1) is 0 Å². The van der Waals surface area contributed by atoms with Crippen molar-refractivity contribution >= 4 is 53.0 Å². The Bertz CT molecular complexity index is 848. The summed E-state index contributed by atoms with van der Waals surface area (Å²) in [5.74, 6) is 3.47. The van der Waals surface area contributed by atoms with Crippen molar-refractivity contribution in [2.45, 2.75) is 41.8 Å². The van der Waals surface area contributed by atoms with Gasteiger partial charge in [0, 0.05) is 6.42 Å². The quantitative estimate of drug-likeness (QED) is 0.165. The molecule has 2 aromatic rings. The van der Waals surface area contributed by atoms with Crippen molar-refractivity contribution in [2.75, 3.05) is 38.9 Å². The average molecular weight is 534 g/mol. The van der Waals surface area contributed by atoms with Gasteiger partial charge in [-0.05, 0) is 55.0 Å². The van der Waals surface area contributed by atoms with Crippen molar-refractivity contribution in [3.8, 4) is 11.5 Å². The molecule has 0 aromatic heterocycles. The summed E-state index contributed by atoms with van der Waals surface area (Å²) in [7, 11) is 3.29. The number of aldehydes is 1. The van der Waals surface area contributed by atoms with E-state index in [9.17, 15) is 4.79 Å². The van der Waals surface area contributed by atoms with Crippen LogP contribution in [0.15, 0.2) is 46.2 Å². The first kappa shape index (κ1) is 28.1. The number of benzene rings is 2. The summed E-state index contributed by atoms with van der Waals surface area (Å²) in [5.41, 5.74) is 0. The van der Waals surface area contributed by atoms with Crippen LogP contribution in [0.2, 0.25) is 10.0 Å². The highest BCUT2D eigenvalue weighted by molar-refractivity contribution is 7.99. The summed E-state index contributed by atoms with van der Waals surface area (Å²) in [5, 5.41) is 1.44. The van der Waals surface area contributed by atoms with Crippen LogP contribution in [0.3, 0.4) is 0 Å². The maximum absolute atomic E-state index is 10.1. The normalized spacial score (nSPS) is 13.3. The SMILES string of the molecule is COc1cccc(Cl)c1SCCCC1OCCO1.COc1cccc(Cl)c1SCCCC=O. The van der Waals surface area contributed by atoms with Gasteiger partial charge in [0.15, 0.2) is 6.29 Å². The maximum atomic E-state index is 10.1. The van der Waals surface area contributed by atoms with Gasteiger partial charge in [-0.2, -0.15) is 0 Å². The van der Waals surface area contributed by atoms with Crippen LogP contribution in [0.25, 0.3) is 0 Å². The summed E-state index contributed by atoms with van der Waals surface area (Å²) in [6.07, 6.45) is 4.34. The number of hydrogen-bond donors (Lipinski definition) is 0. The van der Waals surface area contributed by atoms with Crippen molar-refractivity contribution in [3.05, 3.63) is 46.4 Å². The highest BCUT2D eigenvalue weighted by Gasteiger charge is 2.15. The Morgan fingerprint density at radius 3 is 1.91 bits per heavy atom. The Kier molecular flexibility index (Phi) is 14.1. The minimum atomic E-state index is -0.0151. The lowest BCUT2D eigenvalue weighted by Crippen LogP contribution is -2.07. The fourth-order valence-electron chi connectivity index (χ4n) is 2.92. The van der Waals surface area contributed by atoms with Crippen LogP contribution in [-0.4, -0.2) is 51.5 Å². The van der Waals surface area contributed by atoms with Crippen LogP contribution in [-0.2, 0) is 14.3 Å². The van der Waals surface area contributed by atoms with Crippen LogP contribution in [0.4, 0.5) is 0 Å². The molecule has 0 bridgehead atoms. The van der Waals surface area contributed by atoms with Crippen molar-refractivity contribution in [1.82, 2.24) is 0 Å². The summed E-state index contributed by atoms with van der Waals surface area (Å²) in [6, 6.07) is 11.3. The van der Waals surface area contributed by atoms with E-state index in [4.69, 9.17) is 42.1 Å². The molecule has 0 unspecified atom stereocenters. The molecular weight excluding hydrogens is 503 g/mol. The van der Waals surface area contributed by atoms with E-state index in [0.29, 0.717) is 11.4 Å². The van der Waals surface area contributed by atoms with Gasteiger partial charge < -0.3 is 23.7 Å². The van der Waals surface area contributed by atoms with Crippen molar-refractivity contribution in [1.29, 1.82) is 0 Å². The molecule has 1 heterocycles. The molecule has 5 nitrogen and oxygen atoms in total. The Morgan fingerprint density at radius 2 is 1.42 bits per heavy atom. The van der Waals surface area contributed by atoms with Gasteiger partial charge in [-0.1, -0.05) is 35.3 Å². The predicted octanol–water partition coefficient (Wildman–Crippen LogP) is 7.01. The maximum Gasteiger partial charge on any atom is 0.157 e. The van der Waals surface area contributed by atoms with Gasteiger partial charge in [-0.25, -0.2) is 0 Å². The number of unbranched alkanes of at least 4 members (excludes halogenated alkanes) is 1. The highest BCUT2D eigenvalue weighted by atomic mass is 35.5. The first-order valence-corrected chi connectivity index (χ1v) is 13.4. The Labute approximate surface area is 214 Å². The van der Waals surface area contributed by atoms with Crippen molar-refractivity contribution in [2.24, 2.45) is 0 Å². The number of ether oxygens (including phenoxy) is 4. The van der Waals surface area contributed by atoms with E-state index in [2.05, 4.69) is 0 Å². The third-order valence-electron chi connectivity index (χ3n) is 4.54. The smallest absolute Gasteiger partial charge is 0.157 e. The molecular formula is C24H30Cl2O5S2. The fourth-order valence-corrected chi connectivity index (χ4v) is 5.61. The number of thioether (sulfide) groups is 2. The lowest BCUT2D eigenvalue weighted by molar-refractivity contribution is -0.107. The van der Waals surface area contributed by atoms with Gasteiger partial charge in [0.2, 0.25) is 0 Å². The molecule has 3 rings (SSSR count). The number of carbonyl (C=O) groups excluding carboxylic acids is 1. The lowest BCUT2D eigenvalue weighted by atomic mass is 10.3. The lowest BCUT2D eigenvalue weighted by Gasteiger charge is -2.11. The molecule has 1 aliphatic rings. The number of halogens is 2. The number of methoxy groups -OCH3 is 2. The summed E-state index contributed by atoms with van der Waals surface area (Å²) >= 11 is 15.6. The third kappa shape index (κ3) is 9.97. The van der Waals surface area contributed by atoms with E-state index in [-0.39, 0.29) is 6.29 Å². The zero-order chi connectivity index (χ0) is 23.9. The Balaban J connectivity index is 0.000000238. The molecule has 33 heavy (non-hydrogen) atoms. The van der Waals surface area contributed by atoms with Crippen LogP contribution in [0.5, 0.6) is 11.5 Å². The Hall–Kier alpha value is -1.09. The molecule has 0 aliphatic carbocycles. The van der Waals surface area contributed by atoms with Crippen LogP contribution in [0.1, 0.15) is 25.7 Å². The summed E-state index contributed by atoms with van der Waals surface area (Å²) in [6.45, 7) is 1.44. The van der Waals surface area contributed by atoms with Crippen LogP contribution < -0.4 is 9.47 Å². The molecule has 2 aromatic carbocycles. The number of rotatable bonds is 12. The van der Waals surface area contributed by atoms with Gasteiger partial charge in [0.25, 0.3) is 0 Å². The van der Waals surface area contributed by atoms with E-state index in [1.807, 2.05) is 36.4 Å². The minimum Gasteiger partial charge on any atom is -0.496 e. The van der Waals surface area contributed by atoms with E-state index >= 15 is 0 Å². The second-order valence-corrected chi connectivity index (χ2v) is 9.89. The first-order chi connectivity index (χ1) is 16.1. The number of hydrogen-bond acceptors (Lipinski definition) is 7. The molecule has 182 valence electrons. The predicted molar refractivity (Wildman–Crippen MR) is 138 cm³/mol. The largest absolute Gasteiger partial charge is 0.496 e. The standard InChI is InChI=1S/C13H17ClO3S.C11H13ClO2S/c1-15-11-5-2-4-10(14)13(11)18-9-3-6-12-16-7-8-17-12;1-14-10-6-4-5-9(12)11(10)15-8-3-2-7-13/h2,4-5,12H,3,6-9H2,1H3;4-7H,2-3,8H2,1H3. The van der Waals surface area contributed by atoms with E-state index < -0.39 is 0 Å². The average Bonchev–Trinajstić information content (AvgIpc) is 3.35. The zero-order valence-electron chi connectivity index (χ0n) is 18.9. The minimum absolute atomic E-state index is 0.0151.